The molecule has 13 nitrogen and oxygen atoms in total. The second-order valence-electron chi connectivity index (χ2n) is 8.29. The van der Waals surface area contributed by atoms with E-state index >= 15 is 0 Å². The van der Waals surface area contributed by atoms with Gasteiger partial charge in [-0.1, -0.05) is 30.3 Å². The van der Waals surface area contributed by atoms with Crippen molar-refractivity contribution in [1.82, 2.24) is 16.0 Å². The van der Waals surface area contributed by atoms with Crippen LogP contribution < -0.4 is 33.2 Å². The Kier molecular flexibility index (Phi) is 13.7. The number of nitrogens with two attached hydrogens (primary N) is 3. The number of amides is 4. The zero-order valence-electron chi connectivity index (χ0n) is 20.0. The number of carboxylic acids is 1. The van der Waals surface area contributed by atoms with Crippen LogP contribution in [0.3, 0.4) is 0 Å². The number of hydrogen-bond donors (Lipinski definition) is 8. The normalized spacial score (nSPS) is 14.1. The molecular weight excluding hydrogens is 472 g/mol. The van der Waals surface area contributed by atoms with Crippen LogP contribution in [-0.2, 0) is 30.4 Å². The molecule has 4 amide bonds. The van der Waals surface area contributed by atoms with E-state index in [9.17, 15) is 29.1 Å². The number of primary amides is 1. The number of carbonyl (C=O) groups is 5. The van der Waals surface area contributed by atoms with Crippen LogP contribution in [0.1, 0.15) is 37.7 Å². The molecule has 0 saturated heterocycles. The molecule has 0 heterocycles. The molecule has 0 bridgehead atoms. The topological polar surface area (TPSA) is 240 Å². The fraction of sp³-hybridized carbons (Fsp3) is 0.522. The fourth-order valence-electron chi connectivity index (χ4n) is 3.27. The summed E-state index contributed by atoms with van der Waals surface area (Å²) in [6.45, 7) is -0.317. The van der Waals surface area contributed by atoms with Gasteiger partial charge >= 0.3 is 5.97 Å². The number of benzene rings is 1. The third-order valence-corrected chi connectivity index (χ3v) is 5.32. The molecule has 4 unspecified atom stereocenters. The molecule has 0 fully saturated rings. The minimum atomic E-state index is -1.30. The van der Waals surface area contributed by atoms with Gasteiger partial charge in [-0.15, -0.1) is 0 Å². The molecule has 0 aliphatic rings. The van der Waals surface area contributed by atoms with Crippen LogP contribution in [0.15, 0.2) is 30.3 Å². The lowest BCUT2D eigenvalue weighted by atomic mass is 10.0. The van der Waals surface area contributed by atoms with Gasteiger partial charge in [0.25, 0.3) is 0 Å². The third kappa shape index (κ3) is 11.3. The number of carbonyl (C=O) groups excluding carboxylic acids is 4. The Labute approximate surface area is 209 Å². The molecule has 0 aliphatic heterocycles. The molecule has 13 heteroatoms. The van der Waals surface area contributed by atoms with Gasteiger partial charge in [-0.2, -0.15) is 0 Å². The number of unbranched alkanes of at least 4 members (excludes halogenated alkanes) is 1. The van der Waals surface area contributed by atoms with Crippen molar-refractivity contribution >= 4 is 29.6 Å². The van der Waals surface area contributed by atoms with Crippen LogP contribution in [0.2, 0.25) is 0 Å². The van der Waals surface area contributed by atoms with Gasteiger partial charge in [-0.25, -0.2) is 4.79 Å². The predicted octanol–water partition coefficient (Wildman–Crippen LogP) is -2.52. The summed E-state index contributed by atoms with van der Waals surface area (Å²) in [5.74, 6) is -4.31. The molecule has 4 atom stereocenters. The number of nitrogens with one attached hydrogen (secondary N) is 3. The Morgan fingerprint density at radius 3 is 1.92 bits per heavy atom. The maximum Gasteiger partial charge on any atom is 0.326 e. The summed E-state index contributed by atoms with van der Waals surface area (Å²) in [7, 11) is 0. The van der Waals surface area contributed by atoms with E-state index in [0.717, 1.165) is 0 Å². The standard InChI is InChI=1S/C23H36N6O7/c24-11-5-4-8-16(21(33)29-18(23(35)36)12-14-6-2-1-3-7-14)28-22(34)17(9-10-19(26)31)27-20(32)15(25)13-30/h1-3,6-7,15-18,30H,4-5,8-13,24-25H2,(H2,26,31)(H,27,32)(H,28,34)(H,29,33)(H,35,36). The summed E-state index contributed by atoms with van der Waals surface area (Å²) < 4.78 is 0. The van der Waals surface area contributed by atoms with E-state index in [-0.39, 0.29) is 25.7 Å². The molecule has 1 rings (SSSR count). The van der Waals surface area contributed by atoms with Crippen LogP contribution in [-0.4, -0.2) is 77.1 Å². The van der Waals surface area contributed by atoms with Gasteiger partial charge in [-0.3, -0.25) is 19.2 Å². The van der Waals surface area contributed by atoms with Crippen LogP contribution in [0.5, 0.6) is 0 Å². The minimum absolute atomic E-state index is 0.0295. The molecule has 1 aromatic carbocycles. The SMILES string of the molecule is NCCCCC(NC(=O)C(CCC(N)=O)NC(=O)C(N)CO)C(=O)NC(Cc1ccccc1)C(=O)O. The predicted molar refractivity (Wildman–Crippen MR) is 130 cm³/mol. The second kappa shape index (κ2) is 16.2. The fourth-order valence-corrected chi connectivity index (χ4v) is 3.27. The molecule has 200 valence electrons. The summed E-state index contributed by atoms with van der Waals surface area (Å²) >= 11 is 0. The van der Waals surface area contributed by atoms with Crippen molar-refractivity contribution in [2.24, 2.45) is 17.2 Å². The maximum absolute atomic E-state index is 13.0. The van der Waals surface area contributed by atoms with Gasteiger partial charge in [0.1, 0.15) is 24.2 Å². The molecule has 0 aromatic heterocycles. The Hall–Kier alpha value is -3.55. The number of carboxylic acid groups (broad SMARTS) is 1. The highest BCUT2D eigenvalue weighted by atomic mass is 16.4. The van der Waals surface area contributed by atoms with Crippen LogP contribution in [0.25, 0.3) is 0 Å². The van der Waals surface area contributed by atoms with Gasteiger partial charge in [0.05, 0.1) is 6.61 Å². The Morgan fingerprint density at radius 2 is 1.39 bits per heavy atom. The number of aliphatic hydroxyl groups is 1. The van der Waals surface area contributed by atoms with Gasteiger partial charge in [-0.05, 0) is 37.8 Å². The average molecular weight is 509 g/mol. The first-order chi connectivity index (χ1) is 17.1. The van der Waals surface area contributed by atoms with Gasteiger partial charge in [0.2, 0.25) is 23.6 Å². The third-order valence-electron chi connectivity index (χ3n) is 5.32. The van der Waals surface area contributed by atoms with Crippen molar-refractivity contribution in [1.29, 1.82) is 0 Å². The summed E-state index contributed by atoms with van der Waals surface area (Å²) in [5.41, 5.74) is 16.9. The molecule has 11 N–H and O–H groups in total. The van der Waals surface area contributed by atoms with E-state index < -0.39 is 60.4 Å². The molecule has 1 aromatic rings. The average Bonchev–Trinajstić information content (AvgIpc) is 2.85. The summed E-state index contributed by atoms with van der Waals surface area (Å²) in [5, 5.41) is 26.0. The van der Waals surface area contributed by atoms with E-state index in [0.29, 0.717) is 24.9 Å². The zero-order valence-corrected chi connectivity index (χ0v) is 20.0. The number of rotatable bonds is 17. The lowest BCUT2D eigenvalue weighted by molar-refractivity contribution is -0.142. The van der Waals surface area contributed by atoms with Crippen LogP contribution >= 0.6 is 0 Å². The lowest BCUT2D eigenvalue weighted by Crippen LogP contribution is -2.57. The van der Waals surface area contributed by atoms with Gasteiger partial charge < -0.3 is 43.4 Å². The van der Waals surface area contributed by atoms with E-state index in [2.05, 4.69) is 16.0 Å². The number of hydrogen-bond acceptors (Lipinski definition) is 8. The number of aliphatic hydroxyl groups excluding tert-OH is 1. The number of aliphatic carboxylic acids is 1. The maximum atomic E-state index is 13.0. The highest BCUT2D eigenvalue weighted by Gasteiger charge is 2.30. The first kappa shape index (κ1) is 30.5. The molecule has 0 aliphatic carbocycles. The van der Waals surface area contributed by atoms with Gasteiger partial charge in [0, 0.05) is 12.8 Å². The molecule has 0 saturated carbocycles. The van der Waals surface area contributed by atoms with E-state index in [1.54, 1.807) is 30.3 Å². The van der Waals surface area contributed by atoms with Crippen LogP contribution in [0, 0.1) is 0 Å². The van der Waals surface area contributed by atoms with E-state index in [4.69, 9.17) is 22.3 Å². The lowest BCUT2D eigenvalue weighted by Gasteiger charge is -2.25. The van der Waals surface area contributed by atoms with Crippen molar-refractivity contribution in [2.45, 2.75) is 62.7 Å². The highest BCUT2D eigenvalue weighted by Crippen LogP contribution is 2.07. The molecule has 0 spiro atoms. The summed E-state index contributed by atoms with van der Waals surface area (Å²) in [6.07, 6.45) is 0.780. The monoisotopic (exact) mass is 508 g/mol. The smallest absolute Gasteiger partial charge is 0.326 e. The van der Waals surface area contributed by atoms with E-state index in [1.165, 1.54) is 0 Å². The van der Waals surface area contributed by atoms with Crippen LogP contribution in [0.4, 0.5) is 0 Å². The van der Waals surface area contributed by atoms with Crippen molar-refractivity contribution < 1.29 is 34.2 Å². The highest BCUT2D eigenvalue weighted by molar-refractivity contribution is 5.94. The van der Waals surface area contributed by atoms with Crippen molar-refractivity contribution in [3.8, 4) is 0 Å². The molecular formula is C23H36N6O7. The Balaban J connectivity index is 3.01. The van der Waals surface area contributed by atoms with Crippen molar-refractivity contribution in [2.75, 3.05) is 13.2 Å². The first-order valence-electron chi connectivity index (χ1n) is 11.6. The summed E-state index contributed by atoms with van der Waals surface area (Å²) in [6, 6.07) is 3.77. The second-order valence-corrected chi connectivity index (χ2v) is 8.29. The molecule has 36 heavy (non-hydrogen) atoms. The summed E-state index contributed by atoms with van der Waals surface area (Å²) in [4.78, 5) is 61.1. The minimum Gasteiger partial charge on any atom is -0.480 e. The van der Waals surface area contributed by atoms with Crippen molar-refractivity contribution in [3.63, 3.8) is 0 Å². The van der Waals surface area contributed by atoms with E-state index in [1.807, 2.05) is 0 Å². The largest absolute Gasteiger partial charge is 0.480 e. The van der Waals surface area contributed by atoms with Gasteiger partial charge in [0.15, 0.2) is 0 Å². The Morgan fingerprint density at radius 1 is 0.833 bits per heavy atom. The first-order valence-corrected chi connectivity index (χ1v) is 11.6. The Bertz CT molecular complexity index is 883. The quantitative estimate of drug-likeness (QED) is 0.103. The van der Waals surface area contributed by atoms with Crippen molar-refractivity contribution in [3.05, 3.63) is 35.9 Å². The molecule has 0 radical (unpaired) electrons. The zero-order chi connectivity index (χ0) is 27.1.